The number of sulfonamides is 1. The largest absolute Gasteiger partial charge is 0.496 e. The standard InChI is InChI=1S/C20H12Cl2F4N2O4S/c1-32-17-5-2-11(23)7-13(17)19(29)18-16(6-10(21)9-27-18)28-33(30,31)12-3-4-15(22)14(8-12)20(24,25)26/h2-9,28H,1H3. The Morgan fingerprint density at radius 3 is 2.42 bits per heavy atom. The zero-order valence-corrected chi connectivity index (χ0v) is 18.7. The normalized spacial score (nSPS) is 11.8. The van der Waals surface area contributed by atoms with Gasteiger partial charge in [-0.15, -0.1) is 0 Å². The highest BCUT2D eigenvalue weighted by atomic mass is 35.5. The Labute approximate surface area is 195 Å². The van der Waals surface area contributed by atoms with Crippen molar-refractivity contribution in [1.29, 1.82) is 0 Å². The minimum atomic E-state index is -4.91. The molecule has 3 aromatic rings. The number of hydrogen-bond donors (Lipinski definition) is 1. The zero-order chi connectivity index (χ0) is 24.6. The predicted octanol–water partition coefficient (Wildman–Crippen LogP) is 5.59. The van der Waals surface area contributed by atoms with E-state index in [1.165, 1.54) is 13.2 Å². The highest BCUT2D eigenvalue weighted by Gasteiger charge is 2.35. The fourth-order valence-corrected chi connectivity index (χ4v) is 4.24. The van der Waals surface area contributed by atoms with Gasteiger partial charge in [-0.25, -0.2) is 17.8 Å². The summed E-state index contributed by atoms with van der Waals surface area (Å²) in [6, 6.07) is 6.12. The molecular weight excluding hydrogens is 511 g/mol. The summed E-state index contributed by atoms with van der Waals surface area (Å²) in [5.41, 5.74) is -2.56. The van der Waals surface area contributed by atoms with Gasteiger partial charge in [0.05, 0.1) is 38.9 Å². The van der Waals surface area contributed by atoms with Crippen LogP contribution in [0.3, 0.4) is 0 Å². The quantitative estimate of drug-likeness (QED) is 0.337. The van der Waals surface area contributed by atoms with E-state index in [9.17, 15) is 30.8 Å². The maximum absolute atomic E-state index is 13.7. The molecule has 0 unspecified atom stereocenters. The lowest BCUT2D eigenvalue weighted by atomic mass is 10.1. The van der Waals surface area contributed by atoms with E-state index in [4.69, 9.17) is 27.9 Å². The highest BCUT2D eigenvalue weighted by Crippen LogP contribution is 2.36. The average molecular weight is 523 g/mol. The smallest absolute Gasteiger partial charge is 0.417 e. The Kier molecular flexibility index (Phi) is 6.87. The van der Waals surface area contributed by atoms with Crippen molar-refractivity contribution >= 4 is 44.7 Å². The molecule has 13 heteroatoms. The minimum Gasteiger partial charge on any atom is -0.496 e. The molecule has 0 aliphatic carbocycles. The van der Waals surface area contributed by atoms with Crippen molar-refractivity contribution in [2.45, 2.75) is 11.1 Å². The number of aromatic nitrogens is 1. The first kappa shape index (κ1) is 24.7. The Bertz CT molecular complexity index is 1350. The van der Waals surface area contributed by atoms with E-state index in [0.29, 0.717) is 6.07 Å². The molecule has 3 rings (SSSR count). The number of anilines is 1. The van der Waals surface area contributed by atoms with E-state index in [1.54, 1.807) is 0 Å². The molecule has 2 aromatic carbocycles. The van der Waals surface area contributed by atoms with E-state index in [1.807, 2.05) is 4.72 Å². The lowest BCUT2D eigenvalue weighted by Crippen LogP contribution is -2.18. The van der Waals surface area contributed by atoms with Crippen LogP contribution in [0.25, 0.3) is 0 Å². The van der Waals surface area contributed by atoms with E-state index in [0.717, 1.165) is 36.5 Å². The van der Waals surface area contributed by atoms with Crippen LogP contribution in [0.1, 0.15) is 21.6 Å². The van der Waals surface area contributed by atoms with E-state index >= 15 is 0 Å². The Hall–Kier alpha value is -2.89. The average Bonchev–Trinajstić information content (AvgIpc) is 2.72. The molecule has 6 nitrogen and oxygen atoms in total. The number of carbonyl (C=O) groups excluding carboxylic acids is 1. The summed E-state index contributed by atoms with van der Waals surface area (Å²) in [4.78, 5) is 16.1. The molecule has 1 heterocycles. The molecule has 0 aliphatic rings. The monoisotopic (exact) mass is 522 g/mol. The van der Waals surface area contributed by atoms with Gasteiger partial charge in [0.25, 0.3) is 10.0 Å². The number of nitrogens with one attached hydrogen (secondary N) is 1. The molecule has 0 saturated carbocycles. The Balaban J connectivity index is 2.08. The SMILES string of the molecule is COc1ccc(F)cc1C(=O)c1ncc(Cl)cc1NS(=O)(=O)c1ccc(Cl)c(C(F)(F)F)c1. The Morgan fingerprint density at radius 1 is 1.09 bits per heavy atom. The van der Waals surface area contributed by atoms with Crippen LogP contribution in [0.15, 0.2) is 53.6 Å². The van der Waals surface area contributed by atoms with E-state index < -0.39 is 54.7 Å². The summed E-state index contributed by atoms with van der Waals surface area (Å²) in [5, 5.41) is -0.775. The van der Waals surface area contributed by atoms with Crippen LogP contribution in [0.4, 0.5) is 23.2 Å². The third-order valence-electron chi connectivity index (χ3n) is 4.27. The number of rotatable bonds is 6. The highest BCUT2D eigenvalue weighted by molar-refractivity contribution is 7.92. The Morgan fingerprint density at radius 2 is 1.79 bits per heavy atom. The number of nitrogens with zero attached hydrogens (tertiary/aromatic N) is 1. The van der Waals surface area contributed by atoms with Crippen molar-refractivity contribution in [2.75, 3.05) is 11.8 Å². The van der Waals surface area contributed by atoms with Crippen molar-refractivity contribution in [3.05, 3.63) is 81.3 Å². The third-order valence-corrected chi connectivity index (χ3v) is 6.17. The van der Waals surface area contributed by atoms with Gasteiger partial charge < -0.3 is 4.74 Å². The number of carbonyl (C=O) groups is 1. The van der Waals surface area contributed by atoms with Gasteiger partial charge in [0.1, 0.15) is 17.3 Å². The maximum atomic E-state index is 13.7. The number of hydrogen-bond acceptors (Lipinski definition) is 5. The van der Waals surface area contributed by atoms with Gasteiger partial charge in [0.15, 0.2) is 0 Å². The topological polar surface area (TPSA) is 85.4 Å². The number of benzene rings is 2. The molecule has 1 aromatic heterocycles. The van der Waals surface area contributed by atoms with Gasteiger partial charge in [-0.1, -0.05) is 23.2 Å². The first-order valence-corrected chi connectivity index (χ1v) is 11.0. The van der Waals surface area contributed by atoms with Gasteiger partial charge in [-0.2, -0.15) is 13.2 Å². The fraction of sp³-hybridized carbons (Fsp3) is 0.100. The molecule has 0 amide bonds. The van der Waals surface area contributed by atoms with Gasteiger partial charge >= 0.3 is 6.18 Å². The van der Waals surface area contributed by atoms with Crippen molar-refractivity contribution in [3.63, 3.8) is 0 Å². The summed E-state index contributed by atoms with van der Waals surface area (Å²) in [5.74, 6) is -1.71. The summed E-state index contributed by atoms with van der Waals surface area (Å²) in [7, 11) is -3.42. The number of methoxy groups -OCH3 is 1. The van der Waals surface area contributed by atoms with Crippen LogP contribution in [0.2, 0.25) is 10.0 Å². The third kappa shape index (κ3) is 5.37. The fourth-order valence-electron chi connectivity index (χ4n) is 2.78. The number of pyridine rings is 1. The molecule has 0 spiro atoms. The van der Waals surface area contributed by atoms with Crippen LogP contribution in [0, 0.1) is 5.82 Å². The van der Waals surface area contributed by atoms with Crippen molar-refractivity contribution in [2.24, 2.45) is 0 Å². The summed E-state index contributed by atoms with van der Waals surface area (Å²) in [6.07, 6.45) is -3.86. The van der Waals surface area contributed by atoms with Crippen LogP contribution < -0.4 is 9.46 Å². The first-order chi connectivity index (χ1) is 15.3. The lowest BCUT2D eigenvalue weighted by molar-refractivity contribution is -0.137. The number of ketones is 1. The van der Waals surface area contributed by atoms with Crippen LogP contribution in [-0.2, 0) is 16.2 Å². The second kappa shape index (κ2) is 9.16. The second-order valence-electron chi connectivity index (χ2n) is 6.47. The number of alkyl halides is 3. The van der Waals surface area contributed by atoms with Gasteiger partial charge in [0.2, 0.25) is 5.78 Å². The van der Waals surface area contributed by atoms with Crippen LogP contribution in [0.5, 0.6) is 5.75 Å². The number of halogens is 6. The van der Waals surface area contributed by atoms with Gasteiger partial charge in [-0.3, -0.25) is 9.52 Å². The molecule has 1 N–H and O–H groups in total. The molecule has 0 atom stereocenters. The van der Waals surface area contributed by atoms with Gasteiger partial charge in [-0.05, 0) is 42.5 Å². The van der Waals surface area contributed by atoms with Gasteiger partial charge in [0, 0.05) is 6.20 Å². The molecule has 0 aliphatic heterocycles. The lowest BCUT2D eigenvalue weighted by Gasteiger charge is -2.15. The minimum absolute atomic E-state index is 0.0144. The first-order valence-electron chi connectivity index (χ1n) is 8.77. The van der Waals surface area contributed by atoms with E-state index in [-0.39, 0.29) is 16.3 Å². The molecule has 0 saturated heterocycles. The van der Waals surface area contributed by atoms with E-state index in [2.05, 4.69) is 4.98 Å². The summed E-state index contributed by atoms with van der Waals surface area (Å²) in [6.45, 7) is 0. The molecule has 0 bridgehead atoms. The molecule has 33 heavy (non-hydrogen) atoms. The van der Waals surface area contributed by atoms with Crippen molar-refractivity contribution in [3.8, 4) is 5.75 Å². The molecule has 174 valence electrons. The summed E-state index contributed by atoms with van der Waals surface area (Å²) < 4.78 is 85.8. The van der Waals surface area contributed by atoms with Crippen LogP contribution >= 0.6 is 23.2 Å². The molecule has 0 radical (unpaired) electrons. The van der Waals surface area contributed by atoms with Crippen molar-refractivity contribution < 1.29 is 35.5 Å². The predicted molar refractivity (Wildman–Crippen MR) is 113 cm³/mol. The number of ether oxygens (including phenoxy) is 1. The summed E-state index contributed by atoms with van der Waals surface area (Å²) >= 11 is 11.4. The zero-order valence-electron chi connectivity index (χ0n) is 16.4. The molecule has 0 fully saturated rings. The van der Waals surface area contributed by atoms with Crippen LogP contribution in [-0.4, -0.2) is 26.3 Å². The molecular formula is C20H12Cl2F4N2O4S. The maximum Gasteiger partial charge on any atom is 0.417 e. The second-order valence-corrected chi connectivity index (χ2v) is 8.99. The van der Waals surface area contributed by atoms with Crippen molar-refractivity contribution in [1.82, 2.24) is 4.98 Å².